The highest BCUT2D eigenvalue weighted by Gasteiger charge is 2.27. The first-order valence-electron chi connectivity index (χ1n) is 17.8. The summed E-state index contributed by atoms with van der Waals surface area (Å²) in [5.41, 5.74) is 2.94. The number of amides is 2. The fraction of sp³-hybridized carbons (Fsp3) is 0.429. The van der Waals surface area contributed by atoms with Crippen molar-refractivity contribution in [2.75, 3.05) is 46.4 Å². The number of rotatable bonds is 18. The second kappa shape index (κ2) is 17.4. The van der Waals surface area contributed by atoms with Gasteiger partial charge in [0.05, 0.1) is 33.5 Å². The highest BCUT2D eigenvalue weighted by atomic mass is 16.5. The van der Waals surface area contributed by atoms with Crippen molar-refractivity contribution in [1.29, 1.82) is 0 Å². The van der Waals surface area contributed by atoms with Gasteiger partial charge in [0.1, 0.15) is 40.2 Å². The molecule has 52 heavy (non-hydrogen) atoms. The molecule has 0 fully saturated rings. The molecule has 0 saturated heterocycles. The predicted molar refractivity (Wildman–Crippen MR) is 206 cm³/mol. The number of aromatic hydroxyl groups is 1. The lowest BCUT2D eigenvalue weighted by Gasteiger charge is -2.30. The van der Waals surface area contributed by atoms with E-state index in [0.29, 0.717) is 53.3 Å². The van der Waals surface area contributed by atoms with Gasteiger partial charge in [0.2, 0.25) is 0 Å². The van der Waals surface area contributed by atoms with Crippen molar-refractivity contribution >= 4 is 28.3 Å². The van der Waals surface area contributed by atoms with Gasteiger partial charge in [0.25, 0.3) is 11.8 Å². The Morgan fingerprint density at radius 2 is 1.38 bits per heavy atom. The van der Waals surface area contributed by atoms with Crippen molar-refractivity contribution in [3.63, 3.8) is 0 Å². The average molecular weight is 715 g/mol. The Morgan fingerprint density at radius 3 is 2.00 bits per heavy atom. The van der Waals surface area contributed by atoms with Crippen molar-refractivity contribution in [2.24, 2.45) is 0 Å². The Bertz CT molecular complexity index is 1840. The number of carbonyl (C=O) groups excluding carboxylic acids is 2. The third-order valence-corrected chi connectivity index (χ3v) is 9.93. The molecule has 0 aliphatic heterocycles. The molecule has 4 aromatic rings. The summed E-state index contributed by atoms with van der Waals surface area (Å²) in [4.78, 5) is 26.4. The molecule has 0 aromatic heterocycles. The van der Waals surface area contributed by atoms with Gasteiger partial charge in [-0.1, -0.05) is 77.9 Å². The molecular formula is C42H54N2O8. The summed E-state index contributed by atoms with van der Waals surface area (Å²) in [5.74, 6) is 1.26. The number of anilines is 1. The summed E-state index contributed by atoms with van der Waals surface area (Å²) in [6.45, 7) is 14.0. The molecule has 0 radical (unpaired) electrons. The molecule has 0 bridgehead atoms. The van der Waals surface area contributed by atoms with Crippen LogP contribution in [0.3, 0.4) is 0 Å². The summed E-state index contributed by atoms with van der Waals surface area (Å²) in [6.07, 6.45) is 3.44. The molecule has 0 unspecified atom stereocenters. The van der Waals surface area contributed by atoms with Gasteiger partial charge >= 0.3 is 0 Å². The van der Waals surface area contributed by atoms with Gasteiger partial charge in [-0.3, -0.25) is 9.59 Å². The molecule has 0 spiro atoms. The first-order chi connectivity index (χ1) is 24.8. The van der Waals surface area contributed by atoms with Gasteiger partial charge in [-0.25, -0.2) is 0 Å². The SMILES string of the molecule is CCC(C)(C)c1ccc(OCCCCNC(=O)c2cc(OCC(=O)Nc3c(OC)cc(OC)cc3OC)c3ccccc3c2O)c(C(C)(C)CC)c1. The van der Waals surface area contributed by atoms with Crippen LogP contribution in [-0.4, -0.2) is 58.0 Å². The normalized spacial score (nSPS) is 11.6. The van der Waals surface area contributed by atoms with Crippen molar-refractivity contribution in [2.45, 2.75) is 78.1 Å². The second-order valence-electron chi connectivity index (χ2n) is 14.1. The molecule has 0 saturated carbocycles. The number of fused-ring (bicyclic) bond motifs is 1. The van der Waals surface area contributed by atoms with E-state index in [9.17, 15) is 14.7 Å². The average Bonchev–Trinajstić information content (AvgIpc) is 3.15. The molecule has 4 rings (SSSR count). The summed E-state index contributed by atoms with van der Waals surface area (Å²) < 4.78 is 28.4. The van der Waals surface area contributed by atoms with E-state index < -0.39 is 11.8 Å². The van der Waals surface area contributed by atoms with Gasteiger partial charge in [0, 0.05) is 35.0 Å². The van der Waals surface area contributed by atoms with Crippen LogP contribution in [0.1, 0.15) is 88.7 Å². The molecule has 3 N–H and O–H groups in total. The summed E-state index contributed by atoms with van der Waals surface area (Å²) in [7, 11) is 4.46. The minimum absolute atomic E-state index is 0.0327. The number of ether oxygens (including phenoxy) is 5. The highest BCUT2D eigenvalue weighted by molar-refractivity contribution is 6.06. The number of phenolic OH excluding ortho intramolecular Hbond substituents is 1. The first kappa shape index (κ1) is 39.7. The second-order valence-corrected chi connectivity index (χ2v) is 14.1. The van der Waals surface area contributed by atoms with Crippen LogP contribution in [0.4, 0.5) is 5.69 Å². The summed E-state index contributed by atoms with van der Waals surface area (Å²) in [6, 6.07) is 18.3. The Labute approximate surface area is 307 Å². The lowest BCUT2D eigenvalue weighted by atomic mass is 9.76. The van der Waals surface area contributed by atoms with Crippen LogP contribution in [0.5, 0.6) is 34.5 Å². The summed E-state index contributed by atoms with van der Waals surface area (Å²) >= 11 is 0. The Kier molecular flexibility index (Phi) is 13.3. The predicted octanol–water partition coefficient (Wildman–Crippen LogP) is 8.55. The van der Waals surface area contributed by atoms with E-state index in [1.165, 1.54) is 38.5 Å². The number of methoxy groups -OCH3 is 3. The molecular weight excluding hydrogens is 660 g/mol. The maximum absolute atomic E-state index is 13.3. The number of carbonyl (C=O) groups is 2. The van der Waals surface area contributed by atoms with Gasteiger partial charge in [-0.05, 0) is 54.2 Å². The van der Waals surface area contributed by atoms with E-state index in [1.54, 1.807) is 36.4 Å². The Balaban J connectivity index is 1.39. The zero-order valence-electron chi connectivity index (χ0n) is 32.0. The van der Waals surface area contributed by atoms with Gasteiger partial charge in [0.15, 0.2) is 6.61 Å². The van der Waals surface area contributed by atoms with E-state index in [2.05, 4.69) is 70.4 Å². The quantitative estimate of drug-likeness (QED) is 0.0877. The molecule has 10 heteroatoms. The van der Waals surface area contributed by atoms with Crippen LogP contribution in [0, 0.1) is 0 Å². The largest absolute Gasteiger partial charge is 0.506 e. The topological polar surface area (TPSA) is 125 Å². The van der Waals surface area contributed by atoms with Crippen molar-refractivity contribution in [3.8, 4) is 34.5 Å². The highest BCUT2D eigenvalue weighted by Crippen LogP contribution is 2.40. The monoisotopic (exact) mass is 714 g/mol. The number of benzene rings is 4. The molecule has 4 aromatic carbocycles. The molecule has 0 heterocycles. The number of phenols is 1. The Hall–Kier alpha value is -5.12. The number of hydrogen-bond donors (Lipinski definition) is 3. The minimum Gasteiger partial charge on any atom is -0.506 e. The third-order valence-electron chi connectivity index (χ3n) is 9.93. The van der Waals surface area contributed by atoms with Crippen LogP contribution < -0.4 is 34.3 Å². The fourth-order valence-electron chi connectivity index (χ4n) is 5.77. The standard InChI is InChI=1S/C42H54N2O8/c1-10-41(3,4)27-18-19-33(32(22-27)42(5,6)11-2)51-21-15-14-20-43-40(47)31-25-34(29-16-12-13-17-30(29)39(31)46)52-26-37(45)44-38-35(49-8)23-28(48-7)24-36(38)50-9/h12-13,16-19,22-25,46H,10-11,14-15,20-21,26H2,1-9H3,(H,43,47)(H,44,45). The number of unbranched alkanes of at least 4 members (excludes halogenated alkanes) is 1. The maximum Gasteiger partial charge on any atom is 0.262 e. The third kappa shape index (κ3) is 9.21. The lowest BCUT2D eigenvalue weighted by Crippen LogP contribution is -2.25. The number of nitrogens with one attached hydrogen (secondary N) is 2. The Morgan fingerprint density at radius 1 is 0.731 bits per heavy atom. The smallest absolute Gasteiger partial charge is 0.262 e. The molecule has 0 atom stereocenters. The van der Waals surface area contributed by atoms with Crippen molar-refractivity contribution in [1.82, 2.24) is 5.32 Å². The molecule has 0 aliphatic carbocycles. The fourth-order valence-corrected chi connectivity index (χ4v) is 5.77. The zero-order chi connectivity index (χ0) is 38.1. The van der Waals surface area contributed by atoms with Crippen LogP contribution in [-0.2, 0) is 15.6 Å². The van der Waals surface area contributed by atoms with Gasteiger partial charge < -0.3 is 39.4 Å². The minimum atomic E-state index is -0.488. The van der Waals surface area contributed by atoms with Crippen molar-refractivity contribution in [3.05, 3.63) is 77.4 Å². The van der Waals surface area contributed by atoms with E-state index in [1.807, 2.05) is 0 Å². The molecule has 10 nitrogen and oxygen atoms in total. The zero-order valence-corrected chi connectivity index (χ0v) is 32.0. The maximum atomic E-state index is 13.3. The molecule has 2 amide bonds. The first-order valence-corrected chi connectivity index (χ1v) is 17.8. The van der Waals surface area contributed by atoms with E-state index in [0.717, 1.165) is 25.0 Å². The lowest BCUT2D eigenvalue weighted by molar-refractivity contribution is -0.118. The van der Waals surface area contributed by atoms with Crippen LogP contribution >= 0.6 is 0 Å². The van der Waals surface area contributed by atoms with E-state index in [4.69, 9.17) is 23.7 Å². The van der Waals surface area contributed by atoms with Gasteiger partial charge in [-0.15, -0.1) is 0 Å². The van der Waals surface area contributed by atoms with E-state index >= 15 is 0 Å². The number of hydrogen-bond acceptors (Lipinski definition) is 8. The molecule has 0 aliphatic rings. The molecule has 280 valence electrons. The van der Waals surface area contributed by atoms with Gasteiger partial charge in [-0.2, -0.15) is 0 Å². The summed E-state index contributed by atoms with van der Waals surface area (Å²) in [5, 5.41) is 17.7. The van der Waals surface area contributed by atoms with Crippen LogP contribution in [0.15, 0.2) is 60.7 Å². The van der Waals surface area contributed by atoms with E-state index in [-0.39, 0.29) is 34.5 Å². The van der Waals surface area contributed by atoms with Crippen LogP contribution in [0.2, 0.25) is 0 Å². The van der Waals surface area contributed by atoms with Crippen molar-refractivity contribution < 1.29 is 38.4 Å². The van der Waals surface area contributed by atoms with Crippen LogP contribution in [0.25, 0.3) is 10.8 Å².